The summed E-state index contributed by atoms with van der Waals surface area (Å²) in [5.41, 5.74) is -0.244. The maximum atomic E-state index is 13.5. The first kappa shape index (κ1) is 12.6. The zero-order chi connectivity index (χ0) is 13.1. The molecule has 2 aromatic rings. The van der Waals surface area contributed by atoms with Crippen molar-refractivity contribution < 1.29 is 13.6 Å². The summed E-state index contributed by atoms with van der Waals surface area (Å²) < 4.78 is 26.7. The van der Waals surface area contributed by atoms with Gasteiger partial charge in [-0.05, 0) is 22.0 Å². The number of carbonyl (C=O) groups excluding carboxylic acids is 1. The fourth-order valence-corrected chi connectivity index (χ4v) is 1.54. The molecule has 0 spiro atoms. The third-order valence-electron chi connectivity index (χ3n) is 2.05. The largest absolute Gasteiger partial charge is 0.318 e. The van der Waals surface area contributed by atoms with E-state index in [1.807, 2.05) is 0 Å². The molecule has 4 nitrogen and oxygen atoms in total. The molecule has 2 rings (SSSR count). The molecule has 0 unspecified atom stereocenters. The second-order valence-corrected chi connectivity index (χ2v) is 4.15. The summed E-state index contributed by atoms with van der Waals surface area (Å²) in [6, 6.07) is 1.81. The molecule has 0 saturated carbocycles. The molecule has 1 amide bonds. The van der Waals surface area contributed by atoms with E-state index >= 15 is 0 Å². The molecule has 0 radical (unpaired) electrons. The molecule has 7 heteroatoms. The number of hydrogen-bond acceptors (Lipinski definition) is 3. The van der Waals surface area contributed by atoms with Gasteiger partial charge in [0.05, 0.1) is 16.4 Å². The monoisotopic (exact) mass is 313 g/mol. The quantitative estimate of drug-likeness (QED) is 0.867. The summed E-state index contributed by atoms with van der Waals surface area (Å²) in [5, 5.41) is 2.22. The SMILES string of the molecule is O=C(Nc1cc(F)c(Br)cc1F)c1cnccn1. The number of aromatic nitrogens is 2. The van der Waals surface area contributed by atoms with Crippen molar-refractivity contribution in [3.8, 4) is 0 Å². The van der Waals surface area contributed by atoms with Gasteiger partial charge in [-0.2, -0.15) is 0 Å². The average Bonchev–Trinajstić information content (AvgIpc) is 2.37. The molecular formula is C11H6BrF2N3O. The number of amides is 1. The van der Waals surface area contributed by atoms with Crippen LogP contribution in [0.4, 0.5) is 14.5 Å². The summed E-state index contributed by atoms with van der Waals surface area (Å²) in [7, 11) is 0. The van der Waals surface area contributed by atoms with Gasteiger partial charge in [0.25, 0.3) is 5.91 Å². The number of rotatable bonds is 2. The Morgan fingerprint density at radius 2 is 2.00 bits per heavy atom. The third-order valence-corrected chi connectivity index (χ3v) is 2.66. The van der Waals surface area contributed by atoms with Crippen LogP contribution in [-0.4, -0.2) is 15.9 Å². The minimum Gasteiger partial charge on any atom is -0.318 e. The first-order valence-electron chi connectivity index (χ1n) is 4.80. The Bertz CT molecular complexity index is 592. The number of benzene rings is 1. The number of halogens is 3. The number of nitrogens with one attached hydrogen (secondary N) is 1. The van der Waals surface area contributed by atoms with Crippen LogP contribution in [0, 0.1) is 11.6 Å². The predicted octanol–water partition coefficient (Wildman–Crippen LogP) is 2.77. The highest BCUT2D eigenvalue weighted by Gasteiger charge is 2.13. The molecule has 1 aromatic heterocycles. The lowest BCUT2D eigenvalue weighted by Crippen LogP contribution is -2.15. The highest BCUT2D eigenvalue weighted by molar-refractivity contribution is 9.10. The van der Waals surface area contributed by atoms with E-state index in [1.54, 1.807) is 0 Å². The normalized spacial score (nSPS) is 10.2. The number of carbonyl (C=O) groups is 1. The van der Waals surface area contributed by atoms with Crippen LogP contribution in [0.2, 0.25) is 0 Å². The molecular weight excluding hydrogens is 308 g/mol. The van der Waals surface area contributed by atoms with Crippen LogP contribution in [0.3, 0.4) is 0 Å². The fourth-order valence-electron chi connectivity index (χ4n) is 1.22. The molecule has 1 aromatic carbocycles. The van der Waals surface area contributed by atoms with E-state index in [9.17, 15) is 13.6 Å². The molecule has 1 N–H and O–H groups in total. The minimum absolute atomic E-state index is 0.0141. The topological polar surface area (TPSA) is 54.9 Å². The van der Waals surface area contributed by atoms with E-state index in [0.29, 0.717) is 0 Å². The summed E-state index contributed by atoms with van der Waals surface area (Å²) >= 11 is 2.84. The van der Waals surface area contributed by atoms with Gasteiger partial charge >= 0.3 is 0 Å². The van der Waals surface area contributed by atoms with Crippen molar-refractivity contribution >= 4 is 27.5 Å². The van der Waals surface area contributed by atoms with Crippen LogP contribution < -0.4 is 5.32 Å². The number of nitrogens with zero attached hydrogens (tertiary/aromatic N) is 2. The first-order chi connectivity index (χ1) is 8.58. The Hall–Kier alpha value is -1.89. The summed E-state index contributed by atoms with van der Waals surface area (Å²) in [4.78, 5) is 19.1. The molecule has 0 aliphatic rings. The standard InChI is InChI=1S/C11H6BrF2N3O/c12-6-3-8(14)9(4-7(6)13)17-11(18)10-5-15-1-2-16-10/h1-5H,(H,17,18). The van der Waals surface area contributed by atoms with Crippen LogP contribution in [0.15, 0.2) is 35.2 Å². The fraction of sp³-hybridized carbons (Fsp3) is 0. The van der Waals surface area contributed by atoms with Crippen molar-refractivity contribution in [3.63, 3.8) is 0 Å². The van der Waals surface area contributed by atoms with Crippen LogP contribution in [0.1, 0.15) is 10.5 Å². The second-order valence-electron chi connectivity index (χ2n) is 3.29. The van der Waals surface area contributed by atoms with Crippen LogP contribution >= 0.6 is 15.9 Å². The smallest absolute Gasteiger partial charge is 0.275 e. The van der Waals surface area contributed by atoms with Gasteiger partial charge in [-0.25, -0.2) is 13.8 Å². The Balaban J connectivity index is 2.25. The molecule has 0 saturated heterocycles. The zero-order valence-corrected chi connectivity index (χ0v) is 10.4. The molecule has 92 valence electrons. The first-order valence-corrected chi connectivity index (χ1v) is 5.59. The molecule has 18 heavy (non-hydrogen) atoms. The van der Waals surface area contributed by atoms with Crippen molar-refractivity contribution in [1.82, 2.24) is 9.97 Å². The average molecular weight is 314 g/mol. The maximum Gasteiger partial charge on any atom is 0.275 e. The van der Waals surface area contributed by atoms with Gasteiger partial charge in [0.1, 0.15) is 17.3 Å². The molecule has 0 atom stereocenters. The van der Waals surface area contributed by atoms with Crippen molar-refractivity contribution in [1.29, 1.82) is 0 Å². The summed E-state index contributed by atoms with van der Waals surface area (Å²) in [5.74, 6) is -2.09. The van der Waals surface area contributed by atoms with Gasteiger partial charge in [0.2, 0.25) is 0 Å². The molecule has 0 fully saturated rings. The van der Waals surface area contributed by atoms with Crippen LogP contribution in [0.25, 0.3) is 0 Å². The van der Waals surface area contributed by atoms with Crippen molar-refractivity contribution in [2.45, 2.75) is 0 Å². The van der Waals surface area contributed by atoms with Gasteiger partial charge in [0, 0.05) is 18.5 Å². The summed E-state index contributed by atoms with van der Waals surface area (Å²) in [6.07, 6.45) is 3.95. The number of anilines is 1. The minimum atomic E-state index is -0.750. The van der Waals surface area contributed by atoms with Crippen molar-refractivity contribution in [2.24, 2.45) is 0 Å². The Morgan fingerprint density at radius 3 is 2.67 bits per heavy atom. The molecule has 0 bridgehead atoms. The third kappa shape index (κ3) is 2.67. The van der Waals surface area contributed by atoms with E-state index in [0.717, 1.165) is 12.1 Å². The number of hydrogen-bond donors (Lipinski definition) is 1. The lowest BCUT2D eigenvalue weighted by Gasteiger charge is -2.06. The van der Waals surface area contributed by atoms with Gasteiger partial charge in [-0.1, -0.05) is 0 Å². The van der Waals surface area contributed by atoms with Gasteiger partial charge in [-0.3, -0.25) is 9.78 Å². The Labute approximate surface area is 109 Å². The maximum absolute atomic E-state index is 13.5. The van der Waals surface area contributed by atoms with Crippen LogP contribution in [-0.2, 0) is 0 Å². The van der Waals surface area contributed by atoms with Gasteiger partial charge < -0.3 is 5.32 Å². The van der Waals surface area contributed by atoms with Gasteiger partial charge in [0.15, 0.2) is 0 Å². The van der Waals surface area contributed by atoms with E-state index in [-0.39, 0.29) is 15.9 Å². The highest BCUT2D eigenvalue weighted by Crippen LogP contribution is 2.23. The lowest BCUT2D eigenvalue weighted by atomic mass is 10.3. The Kier molecular flexibility index (Phi) is 3.61. The Morgan fingerprint density at radius 1 is 1.22 bits per heavy atom. The van der Waals surface area contributed by atoms with Crippen molar-refractivity contribution in [2.75, 3.05) is 5.32 Å². The van der Waals surface area contributed by atoms with E-state index in [2.05, 4.69) is 31.2 Å². The van der Waals surface area contributed by atoms with Crippen molar-refractivity contribution in [3.05, 3.63) is 52.5 Å². The predicted molar refractivity (Wildman–Crippen MR) is 64.0 cm³/mol. The second kappa shape index (κ2) is 5.18. The van der Waals surface area contributed by atoms with E-state index < -0.39 is 17.5 Å². The highest BCUT2D eigenvalue weighted by atomic mass is 79.9. The van der Waals surface area contributed by atoms with E-state index in [4.69, 9.17) is 0 Å². The zero-order valence-electron chi connectivity index (χ0n) is 8.82. The van der Waals surface area contributed by atoms with Crippen LogP contribution in [0.5, 0.6) is 0 Å². The molecule has 0 aliphatic carbocycles. The lowest BCUT2D eigenvalue weighted by molar-refractivity contribution is 0.102. The van der Waals surface area contributed by atoms with Gasteiger partial charge in [-0.15, -0.1) is 0 Å². The summed E-state index contributed by atoms with van der Waals surface area (Å²) in [6.45, 7) is 0. The van der Waals surface area contributed by atoms with E-state index in [1.165, 1.54) is 18.6 Å². The molecule has 0 aliphatic heterocycles. The molecule has 1 heterocycles.